The van der Waals surface area contributed by atoms with Crippen molar-refractivity contribution in [3.8, 4) is 11.5 Å². The molecule has 0 unspecified atom stereocenters. The number of para-hydroxylation sites is 1. The summed E-state index contributed by atoms with van der Waals surface area (Å²) in [6, 6.07) is 15.2. The van der Waals surface area contributed by atoms with Gasteiger partial charge in [-0.05, 0) is 36.8 Å². The third kappa shape index (κ3) is 5.46. The van der Waals surface area contributed by atoms with Crippen LogP contribution >= 0.6 is 0 Å². The van der Waals surface area contributed by atoms with Gasteiger partial charge in [-0.25, -0.2) is 18.1 Å². The van der Waals surface area contributed by atoms with Crippen LogP contribution in [-0.4, -0.2) is 38.1 Å². The number of ether oxygens (including phenoxy) is 1. The van der Waals surface area contributed by atoms with Crippen LogP contribution in [0.25, 0.3) is 0 Å². The molecule has 0 saturated carbocycles. The van der Waals surface area contributed by atoms with Crippen molar-refractivity contribution in [3.63, 3.8) is 0 Å². The van der Waals surface area contributed by atoms with E-state index >= 15 is 0 Å². The standard InChI is InChI=1S/C20H26N4O3S/c1-2-3-13-28(25,26)22-11-12-24-15-16-14-18(9-10-19(16)23-20(24)21)27-17-7-5-4-6-8-17/h4-10,14,22H,2-3,11-13,15H2,1H3,(H2,21,23). The number of hydrogen-bond donors (Lipinski definition) is 2. The minimum absolute atomic E-state index is 0.149. The third-order valence-corrected chi connectivity index (χ3v) is 5.89. The van der Waals surface area contributed by atoms with E-state index in [-0.39, 0.29) is 12.3 Å². The van der Waals surface area contributed by atoms with E-state index < -0.39 is 10.0 Å². The van der Waals surface area contributed by atoms with Gasteiger partial charge < -0.3 is 15.4 Å². The van der Waals surface area contributed by atoms with Crippen molar-refractivity contribution in [2.45, 2.75) is 26.3 Å². The van der Waals surface area contributed by atoms with E-state index in [2.05, 4.69) is 9.71 Å². The molecule has 0 fully saturated rings. The van der Waals surface area contributed by atoms with Gasteiger partial charge in [0.25, 0.3) is 0 Å². The number of guanidine groups is 1. The van der Waals surface area contributed by atoms with Gasteiger partial charge in [0.2, 0.25) is 10.0 Å². The highest BCUT2D eigenvalue weighted by Crippen LogP contribution is 2.31. The molecule has 150 valence electrons. The van der Waals surface area contributed by atoms with E-state index in [0.717, 1.165) is 29.2 Å². The quantitative estimate of drug-likeness (QED) is 0.672. The number of nitrogens with one attached hydrogen (secondary N) is 1. The summed E-state index contributed by atoms with van der Waals surface area (Å²) in [5, 5.41) is 0. The molecule has 28 heavy (non-hydrogen) atoms. The number of hydrogen-bond acceptors (Lipinski definition) is 6. The number of fused-ring (bicyclic) bond motifs is 1. The number of nitrogens with two attached hydrogens (primary N) is 1. The second-order valence-corrected chi connectivity index (χ2v) is 8.59. The Morgan fingerprint density at radius 2 is 1.96 bits per heavy atom. The molecular weight excluding hydrogens is 376 g/mol. The first kappa shape index (κ1) is 20.2. The minimum atomic E-state index is -3.24. The van der Waals surface area contributed by atoms with Crippen LogP contribution in [0, 0.1) is 0 Å². The Bertz CT molecular complexity index is 930. The fourth-order valence-electron chi connectivity index (χ4n) is 2.90. The maximum Gasteiger partial charge on any atom is 0.211 e. The van der Waals surface area contributed by atoms with E-state index in [1.165, 1.54) is 0 Å². The minimum Gasteiger partial charge on any atom is -0.457 e. The van der Waals surface area contributed by atoms with Crippen LogP contribution in [0.15, 0.2) is 53.5 Å². The van der Waals surface area contributed by atoms with Crippen LogP contribution in [-0.2, 0) is 16.6 Å². The lowest BCUT2D eigenvalue weighted by Gasteiger charge is -2.28. The molecule has 2 aromatic carbocycles. The van der Waals surface area contributed by atoms with Crippen molar-refractivity contribution in [1.29, 1.82) is 0 Å². The molecule has 3 rings (SSSR count). The highest BCUT2D eigenvalue weighted by Gasteiger charge is 2.19. The summed E-state index contributed by atoms with van der Waals surface area (Å²) < 4.78 is 32.3. The van der Waals surface area contributed by atoms with E-state index in [1.54, 1.807) is 0 Å². The Morgan fingerprint density at radius 1 is 1.18 bits per heavy atom. The van der Waals surface area contributed by atoms with Crippen LogP contribution in [0.1, 0.15) is 25.3 Å². The van der Waals surface area contributed by atoms with Gasteiger partial charge in [-0.2, -0.15) is 0 Å². The lowest BCUT2D eigenvalue weighted by Crippen LogP contribution is -2.43. The molecule has 1 heterocycles. The first-order chi connectivity index (χ1) is 13.5. The summed E-state index contributed by atoms with van der Waals surface area (Å²) in [5.41, 5.74) is 7.84. The predicted octanol–water partition coefficient (Wildman–Crippen LogP) is 2.96. The molecule has 0 aromatic heterocycles. The van der Waals surface area contributed by atoms with Gasteiger partial charge in [0.15, 0.2) is 5.96 Å². The molecule has 2 aromatic rings. The van der Waals surface area contributed by atoms with Gasteiger partial charge in [0, 0.05) is 25.2 Å². The number of rotatable bonds is 9. The molecule has 0 aliphatic carbocycles. The summed E-state index contributed by atoms with van der Waals surface area (Å²) >= 11 is 0. The van der Waals surface area contributed by atoms with Crippen molar-refractivity contribution in [1.82, 2.24) is 9.62 Å². The molecule has 7 nitrogen and oxygen atoms in total. The molecule has 0 amide bonds. The fraction of sp³-hybridized carbons (Fsp3) is 0.350. The predicted molar refractivity (Wildman–Crippen MR) is 111 cm³/mol. The van der Waals surface area contributed by atoms with Crippen LogP contribution in [0.2, 0.25) is 0 Å². The van der Waals surface area contributed by atoms with Crippen LogP contribution in [0.4, 0.5) is 5.69 Å². The normalized spacial score (nSPS) is 13.8. The summed E-state index contributed by atoms with van der Waals surface area (Å²) in [4.78, 5) is 6.29. The molecule has 8 heteroatoms. The highest BCUT2D eigenvalue weighted by molar-refractivity contribution is 7.89. The Hall–Kier alpha value is -2.58. The van der Waals surface area contributed by atoms with Gasteiger partial charge in [0.05, 0.1) is 11.4 Å². The average Bonchev–Trinajstić information content (AvgIpc) is 2.68. The molecule has 1 aliphatic heterocycles. The highest BCUT2D eigenvalue weighted by atomic mass is 32.2. The van der Waals surface area contributed by atoms with Crippen LogP contribution in [0.3, 0.4) is 0 Å². The van der Waals surface area contributed by atoms with Gasteiger partial charge >= 0.3 is 0 Å². The Kier molecular flexibility index (Phi) is 6.53. The van der Waals surface area contributed by atoms with Gasteiger partial charge in [-0.1, -0.05) is 31.5 Å². The number of unbranched alkanes of at least 4 members (excludes halogenated alkanes) is 1. The third-order valence-electron chi connectivity index (χ3n) is 4.42. The molecular formula is C20H26N4O3S. The first-order valence-corrected chi connectivity index (χ1v) is 11.0. The fourth-order valence-corrected chi connectivity index (χ4v) is 4.12. The molecule has 0 saturated heterocycles. The van der Waals surface area contributed by atoms with Crippen molar-refractivity contribution in [2.24, 2.45) is 10.7 Å². The zero-order chi connectivity index (χ0) is 20.0. The second kappa shape index (κ2) is 9.07. The number of aliphatic imine (C=N–C) groups is 1. The molecule has 0 bridgehead atoms. The van der Waals surface area contributed by atoms with Crippen LogP contribution in [0.5, 0.6) is 11.5 Å². The molecule has 0 radical (unpaired) electrons. The lowest BCUT2D eigenvalue weighted by molar-refractivity contribution is 0.404. The van der Waals surface area contributed by atoms with Crippen molar-refractivity contribution in [3.05, 3.63) is 54.1 Å². The van der Waals surface area contributed by atoms with E-state index in [1.807, 2.05) is 60.4 Å². The number of benzene rings is 2. The van der Waals surface area contributed by atoms with E-state index in [4.69, 9.17) is 10.5 Å². The monoisotopic (exact) mass is 402 g/mol. The summed E-state index contributed by atoms with van der Waals surface area (Å²) in [6.45, 7) is 3.25. The second-order valence-electron chi connectivity index (χ2n) is 6.66. The Balaban J connectivity index is 1.62. The molecule has 3 N–H and O–H groups in total. The lowest BCUT2D eigenvalue weighted by atomic mass is 10.1. The zero-order valence-electron chi connectivity index (χ0n) is 16.0. The van der Waals surface area contributed by atoms with Crippen molar-refractivity contribution < 1.29 is 13.2 Å². The average molecular weight is 403 g/mol. The van der Waals surface area contributed by atoms with Crippen LogP contribution < -0.4 is 15.2 Å². The molecule has 0 atom stereocenters. The number of nitrogens with zero attached hydrogens (tertiary/aromatic N) is 2. The van der Waals surface area contributed by atoms with Gasteiger partial charge in [0.1, 0.15) is 11.5 Å². The summed E-state index contributed by atoms with van der Waals surface area (Å²) in [6.07, 6.45) is 1.50. The maximum atomic E-state index is 11.9. The Labute approximate surface area is 166 Å². The summed E-state index contributed by atoms with van der Waals surface area (Å²) in [5.74, 6) is 2.02. The van der Waals surface area contributed by atoms with Crippen molar-refractivity contribution >= 4 is 21.7 Å². The van der Waals surface area contributed by atoms with E-state index in [0.29, 0.717) is 25.5 Å². The van der Waals surface area contributed by atoms with Crippen molar-refractivity contribution in [2.75, 3.05) is 18.8 Å². The molecule has 0 spiro atoms. The van der Waals surface area contributed by atoms with Gasteiger partial charge in [-0.15, -0.1) is 0 Å². The maximum absolute atomic E-state index is 11.9. The first-order valence-electron chi connectivity index (χ1n) is 9.39. The molecule has 1 aliphatic rings. The smallest absolute Gasteiger partial charge is 0.211 e. The van der Waals surface area contributed by atoms with E-state index in [9.17, 15) is 8.42 Å². The SMILES string of the molecule is CCCCS(=O)(=O)NCCN1Cc2cc(Oc3ccccc3)ccc2N=C1N. The zero-order valence-corrected chi connectivity index (χ0v) is 16.8. The van der Waals surface area contributed by atoms with Gasteiger partial charge in [-0.3, -0.25) is 0 Å². The topological polar surface area (TPSA) is 97.0 Å². The summed E-state index contributed by atoms with van der Waals surface area (Å²) in [7, 11) is -3.24. The largest absolute Gasteiger partial charge is 0.457 e. The Morgan fingerprint density at radius 3 is 2.71 bits per heavy atom. The number of sulfonamides is 1.